The van der Waals surface area contributed by atoms with E-state index in [4.69, 9.17) is 0 Å². The van der Waals surface area contributed by atoms with Crippen molar-refractivity contribution in [2.45, 2.75) is 12.8 Å². The van der Waals surface area contributed by atoms with Gasteiger partial charge < -0.3 is 4.90 Å². The topological polar surface area (TPSA) is 36.4 Å². The van der Waals surface area contributed by atoms with E-state index in [-0.39, 0.29) is 5.91 Å². The maximum Gasteiger partial charge on any atom is 0.241 e. The molecule has 5 rings (SSSR count). The van der Waals surface area contributed by atoms with Crippen LogP contribution in [-0.2, 0) is 11.2 Å². The average molecular weight is 369 g/mol. The summed E-state index contributed by atoms with van der Waals surface area (Å²) in [6.07, 6.45) is 8.05. The van der Waals surface area contributed by atoms with Gasteiger partial charge in [-0.1, -0.05) is 48.5 Å². The second-order valence-electron chi connectivity index (χ2n) is 7.55. The zero-order valence-electron chi connectivity index (χ0n) is 15.8. The van der Waals surface area contributed by atoms with E-state index in [1.54, 1.807) is 0 Å². The number of amides is 1. The van der Waals surface area contributed by atoms with Crippen molar-refractivity contribution in [1.82, 2.24) is 9.88 Å². The van der Waals surface area contributed by atoms with Crippen molar-refractivity contribution in [2.24, 2.45) is 0 Å². The smallest absolute Gasteiger partial charge is 0.241 e. The Bertz CT molecular complexity index is 1070. The van der Waals surface area contributed by atoms with Crippen molar-refractivity contribution in [2.75, 3.05) is 31.1 Å². The molecule has 0 N–H and O–H groups in total. The fourth-order valence-corrected chi connectivity index (χ4v) is 4.35. The summed E-state index contributed by atoms with van der Waals surface area (Å²) in [5, 5.41) is 2.42. The molecule has 0 radical (unpaired) electrons. The lowest BCUT2D eigenvalue weighted by molar-refractivity contribution is -0.119. The van der Waals surface area contributed by atoms with Gasteiger partial charge in [0, 0.05) is 48.7 Å². The number of para-hydroxylation sites is 1. The van der Waals surface area contributed by atoms with Crippen LogP contribution >= 0.6 is 0 Å². The molecule has 1 aromatic heterocycles. The fraction of sp³-hybridized carbons (Fsp3) is 0.250. The molecule has 4 nitrogen and oxygen atoms in total. The van der Waals surface area contributed by atoms with Crippen LogP contribution in [-0.4, -0.2) is 42.0 Å². The van der Waals surface area contributed by atoms with Crippen LogP contribution in [0.5, 0.6) is 0 Å². The first-order chi connectivity index (χ1) is 13.8. The van der Waals surface area contributed by atoms with Crippen LogP contribution in [0.25, 0.3) is 16.3 Å². The van der Waals surface area contributed by atoms with Gasteiger partial charge in [-0.3, -0.25) is 14.7 Å². The van der Waals surface area contributed by atoms with Gasteiger partial charge in [0.05, 0.1) is 6.54 Å². The Morgan fingerprint density at radius 2 is 1.82 bits per heavy atom. The molecule has 2 aromatic carbocycles. The molecule has 0 saturated heterocycles. The Morgan fingerprint density at radius 1 is 0.964 bits per heavy atom. The van der Waals surface area contributed by atoms with E-state index in [1.165, 1.54) is 27.5 Å². The minimum absolute atomic E-state index is 0.202. The highest BCUT2D eigenvalue weighted by Crippen LogP contribution is 2.30. The lowest BCUT2D eigenvalue weighted by Crippen LogP contribution is -2.41. The number of hydrogen-bond donors (Lipinski definition) is 0. The molecule has 28 heavy (non-hydrogen) atoms. The largest absolute Gasteiger partial charge is 0.311 e. The van der Waals surface area contributed by atoms with Crippen LogP contribution in [0, 0.1) is 0 Å². The van der Waals surface area contributed by atoms with Gasteiger partial charge in [0.1, 0.15) is 0 Å². The highest BCUT2D eigenvalue weighted by molar-refractivity contribution is 5.97. The number of fused-ring (bicyclic) bond motifs is 2. The first kappa shape index (κ1) is 17.1. The van der Waals surface area contributed by atoms with Crippen molar-refractivity contribution in [3.05, 3.63) is 78.1 Å². The Morgan fingerprint density at radius 3 is 2.71 bits per heavy atom. The number of carbonyl (C=O) groups excluding carboxylic acids is 1. The molecule has 0 fully saturated rings. The lowest BCUT2D eigenvalue weighted by Gasteiger charge is -2.28. The van der Waals surface area contributed by atoms with Gasteiger partial charge in [-0.15, -0.1) is 0 Å². The lowest BCUT2D eigenvalue weighted by atomic mass is 9.96. The Labute approximate surface area is 165 Å². The minimum Gasteiger partial charge on any atom is -0.311 e. The van der Waals surface area contributed by atoms with Gasteiger partial charge in [0.25, 0.3) is 0 Å². The minimum atomic E-state index is 0.202. The molecule has 2 aliphatic heterocycles. The van der Waals surface area contributed by atoms with Crippen molar-refractivity contribution in [3.8, 4) is 0 Å². The third-order valence-corrected chi connectivity index (χ3v) is 5.85. The maximum atomic E-state index is 12.9. The van der Waals surface area contributed by atoms with E-state index < -0.39 is 0 Å². The van der Waals surface area contributed by atoms with Crippen LogP contribution in [0.4, 0.5) is 5.69 Å². The number of anilines is 1. The van der Waals surface area contributed by atoms with E-state index in [9.17, 15) is 4.79 Å². The first-order valence-electron chi connectivity index (χ1n) is 9.92. The molecule has 0 atom stereocenters. The van der Waals surface area contributed by atoms with E-state index in [1.807, 2.05) is 35.5 Å². The van der Waals surface area contributed by atoms with Gasteiger partial charge >= 0.3 is 0 Å². The van der Waals surface area contributed by atoms with E-state index in [2.05, 4.69) is 46.3 Å². The van der Waals surface area contributed by atoms with Crippen LogP contribution < -0.4 is 4.90 Å². The molecule has 0 spiro atoms. The first-order valence-corrected chi connectivity index (χ1v) is 9.92. The third kappa shape index (κ3) is 3.10. The summed E-state index contributed by atoms with van der Waals surface area (Å²) >= 11 is 0. The van der Waals surface area contributed by atoms with Crippen molar-refractivity contribution < 1.29 is 4.79 Å². The van der Waals surface area contributed by atoms with Gasteiger partial charge in [-0.2, -0.15) is 0 Å². The summed E-state index contributed by atoms with van der Waals surface area (Å²) < 4.78 is 0. The van der Waals surface area contributed by atoms with Gasteiger partial charge in [0.2, 0.25) is 5.91 Å². The van der Waals surface area contributed by atoms with Crippen molar-refractivity contribution >= 4 is 27.9 Å². The molecule has 140 valence electrons. The number of hydrogen-bond acceptors (Lipinski definition) is 3. The monoisotopic (exact) mass is 369 g/mol. The number of pyridine rings is 1. The van der Waals surface area contributed by atoms with E-state index >= 15 is 0 Å². The summed E-state index contributed by atoms with van der Waals surface area (Å²) in [5.41, 5.74) is 4.92. The highest BCUT2D eigenvalue weighted by Gasteiger charge is 2.26. The second-order valence-corrected chi connectivity index (χ2v) is 7.55. The molecule has 4 heteroatoms. The molecule has 2 aliphatic rings. The molecule has 1 amide bonds. The van der Waals surface area contributed by atoms with Gasteiger partial charge in [-0.25, -0.2) is 0 Å². The van der Waals surface area contributed by atoms with Gasteiger partial charge in [-0.05, 0) is 35.4 Å². The van der Waals surface area contributed by atoms with Crippen LogP contribution in [0.1, 0.15) is 17.5 Å². The SMILES string of the molecule is O=C(CN1CC=C(c2cncc3ccccc23)CC1)N1CCc2ccccc21. The molecule has 3 heterocycles. The molecular weight excluding hydrogens is 346 g/mol. The second kappa shape index (κ2) is 7.21. The maximum absolute atomic E-state index is 12.9. The Kier molecular flexibility index (Phi) is 4.41. The van der Waals surface area contributed by atoms with Gasteiger partial charge in [0.15, 0.2) is 0 Å². The predicted molar refractivity (Wildman–Crippen MR) is 113 cm³/mol. The molecule has 0 unspecified atom stereocenters. The summed E-state index contributed by atoms with van der Waals surface area (Å²) in [7, 11) is 0. The Balaban J connectivity index is 1.29. The number of aromatic nitrogens is 1. The molecule has 0 aliphatic carbocycles. The summed E-state index contributed by atoms with van der Waals surface area (Å²) in [4.78, 5) is 21.5. The normalized spacial score (nSPS) is 16.9. The van der Waals surface area contributed by atoms with Crippen molar-refractivity contribution in [3.63, 3.8) is 0 Å². The van der Waals surface area contributed by atoms with Crippen LogP contribution in [0.2, 0.25) is 0 Å². The predicted octanol–water partition coefficient (Wildman–Crippen LogP) is 3.91. The highest BCUT2D eigenvalue weighted by atomic mass is 16.2. The number of rotatable bonds is 3. The fourth-order valence-electron chi connectivity index (χ4n) is 4.35. The Hall–Kier alpha value is -2.98. The van der Waals surface area contributed by atoms with Crippen molar-refractivity contribution in [1.29, 1.82) is 0 Å². The number of nitrogens with zero attached hydrogens (tertiary/aromatic N) is 3. The van der Waals surface area contributed by atoms with Crippen LogP contribution in [0.15, 0.2) is 67.0 Å². The molecule has 3 aromatic rings. The quantitative estimate of drug-likeness (QED) is 0.702. The number of benzene rings is 2. The molecular formula is C24H23N3O. The summed E-state index contributed by atoms with van der Waals surface area (Å²) in [6, 6.07) is 16.6. The summed E-state index contributed by atoms with van der Waals surface area (Å²) in [5.74, 6) is 0.202. The zero-order chi connectivity index (χ0) is 18.9. The third-order valence-electron chi connectivity index (χ3n) is 5.85. The zero-order valence-corrected chi connectivity index (χ0v) is 15.8. The standard InChI is InChI=1S/C24H23N3O/c28-24(27-14-11-19-5-2-4-8-23(19)27)17-26-12-9-18(10-13-26)22-16-25-15-20-6-1-3-7-21(20)22/h1-9,15-16H,10-14,17H2. The summed E-state index contributed by atoms with van der Waals surface area (Å²) in [6.45, 7) is 2.98. The van der Waals surface area contributed by atoms with Crippen LogP contribution in [0.3, 0.4) is 0 Å². The number of carbonyl (C=O) groups is 1. The molecule has 0 saturated carbocycles. The van der Waals surface area contributed by atoms with E-state index in [0.717, 1.165) is 38.2 Å². The average Bonchev–Trinajstić information content (AvgIpc) is 3.18. The van der Waals surface area contributed by atoms with E-state index in [0.29, 0.717) is 6.54 Å². The molecule has 0 bridgehead atoms.